The number of amidine groups is 1. The number of carbonyl (C=O) groups is 4. The summed E-state index contributed by atoms with van der Waals surface area (Å²) in [6.45, 7) is 5.32. The van der Waals surface area contributed by atoms with Crippen LogP contribution in [0.15, 0.2) is 4.99 Å². The third-order valence-corrected chi connectivity index (χ3v) is 4.94. The molecule has 0 aromatic carbocycles. The molecule has 1 fully saturated rings. The van der Waals surface area contributed by atoms with Crippen LogP contribution < -0.4 is 5.32 Å². The van der Waals surface area contributed by atoms with Crippen LogP contribution in [0.5, 0.6) is 0 Å². The molecule has 1 N–H and O–H groups in total. The number of carbonyl (C=O) groups excluding carboxylic acids is 4. The molecule has 2 rings (SSSR count). The van der Waals surface area contributed by atoms with Crippen molar-refractivity contribution in [2.75, 3.05) is 19.8 Å². The smallest absolute Gasteiger partial charge is 0.303 e. The van der Waals surface area contributed by atoms with E-state index in [-0.39, 0.29) is 13.2 Å². The minimum atomic E-state index is -0.998. The lowest BCUT2D eigenvalue weighted by atomic mass is 9.98. The summed E-state index contributed by atoms with van der Waals surface area (Å²) in [4.78, 5) is 49.8. The van der Waals surface area contributed by atoms with Crippen LogP contribution in [-0.2, 0) is 42.9 Å². The molecule has 2 unspecified atom stereocenters. The van der Waals surface area contributed by atoms with Crippen molar-refractivity contribution in [3.63, 3.8) is 0 Å². The molecule has 2 heterocycles. The summed E-state index contributed by atoms with van der Waals surface area (Å²) in [7, 11) is 0. The molecule has 11 nitrogen and oxygen atoms in total. The molecule has 0 bridgehead atoms. The van der Waals surface area contributed by atoms with Gasteiger partial charge in [-0.1, -0.05) is 11.8 Å². The Morgan fingerprint density at radius 3 is 2.17 bits per heavy atom. The number of rotatable bonds is 7. The number of nitrogens with one attached hydrogen (secondary N) is 1. The lowest BCUT2D eigenvalue weighted by Crippen LogP contribution is -2.59. The van der Waals surface area contributed by atoms with Gasteiger partial charge in [-0.15, -0.1) is 0 Å². The molecule has 29 heavy (non-hydrogen) atoms. The molecule has 0 radical (unpaired) electrons. The van der Waals surface area contributed by atoms with Gasteiger partial charge in [-0.3, -0.25) is 24.2 Å². The quantitative estimate of drug-likeness (QED) is 0.324. The number of hydrogen-bond acceptors (Lipinski definition) is 12. The standard InChI is InChI=1S/C17H24N2O9S/c1-8(20)24-6-5-18-17-19-13-15(27-11(4)23)14(26-10(3)22)12(7-25-9(2)21)28-16(13)29-17/h12-16H,5-7H2,1-4H3,(H,18,19)/t12-,13?,14-,15-,16?/m1/s1. The summed E-state index contributed by atoms with van der Waals surface area (Å²) in [6.07, 6.45) is -2.76. The Kier molecular flexibility index (Phi) is 8.26. The fourth-order valence-corrected chi connectivity index (χ4v) is 3.98. The van der Waals surface area contributed by atoms with Crippen LogP contribution in [0.25, 0.3) is 0 Å². The first-order chi connectivity index (χ1) is 13.7. The van der Waals surface area contributed by atoms with Crippen LogP contribution in [-0.4, -0.2) is 78.6 Å². The minimum Gasteiger partial charge on any atom is -0.464 e. The summed E-state index contributed by atoms with van der Waals surface area (Å²) in [5.41, 5.74) is -0.553. The van der Waals surface area contributed by atoms with Crippen molar-refractivity contribution in [3.05, 3.63) is 0 Å². The minimum absolute atomic E-state index is 0.156. The molecule has 2 aliphatic rings. The van der Waals surface area contributed by atoms with Crippen molar-refractivity contribution in [2.45, 2.75) is 57.5 Å². The number of thioether (sulfide) groups is 1. The number of esters is 4. The summed E-state index contributed by atoms with van der Waals surface area (Å²) >= 11 is 1.25. The third kappa shape index (κ3) is 6.89. The van der Waals surface area contributed by atoms with Gasteiger partial charge in [0.25, 0.3) is 0 Å². The first kappa shape index (κ1) is 22.9. The van der Waals surface area contributed by atoms with Crippen molar-refractivity contribution in [1.82, 2.24) is 5.32 Å². The van der Waals surface area contributed by atoms with Gasteiger partial charge < -0.3 is 29.0 Å². The molecule has 0 aromatic heterocycles. The molecular weight excluding hydrogens is 408 g/mol. The number of ether oxygens (including phenoxy) is 5. The highest BCUT2D eigenvalue weighted by atomic mass is 32.2. The fourth-order valence-electron chi connectivity index (χ4n) is 2.84. The molecule has 0 saturated carbocycles. The summed E-state index contributed by atoms with van der Waals surface area (Å²) in [5.74, 6) is -2.09. The molecule has 5 atom stereocenters. The maximum absolute atomic E-state index is 11.7. The Labute approximate surface area is 171 Å². The Morgan fingerprint density at radius 2 is 1.59 bits per heavy atom. The van der Waals surface area contributed by atoms with E-state index in [9.17, 15) is 19.2 Å². The van der Waals surface area contributed by atoms with Gasteiger partial charge in [0.2, 0.25) is 0 Å². The van der Waals surface area contributed by atoms with E-state index in [2.05, 4.69) is 10.3 Å². The highest BCUT2D eigenvalue weighted by Crippen LogP contribution is 2.38. The van der Waals surface area contributed by atoms with Gasteiger partial charge in [0.1, 0.15) is 30.8 Å². The van der Waals surface area contributed by atoms with Crippen LogP contribution >= 0.6 is 11.8 Å². The van der Waals surface area contributed by atoms with E-state index in [0.29, 0.717) is 11.7 Å². The van der Waals surface area contributed by atoms with E-state index in [4.69, 9.17) is 23.7 Å². The van der Waals surface area contributed by atoms with E-state index < -0.39 is 53.7 Å². The Bertz CT molecular complexity index is 684. The predicted molar refractivity (Wildman–Crippen MR) is 99.9 cm³/mol. The first-order valence-electron chi connectivity index (χ1n) is 8.92. The molecule has 162 valence electrons. The number of nitrogens with zero attached hydrogens (tertiary/aromatic N) is 1. The fraction of sp³-hybridized carbons (Fsp3) is 0.706. The summed E-state index contributed by atoms with van der Waals surface area (Å²) in [6, 6.07) is -0.641. The van der Waals surface area contributed by atoms with Crippen molar-refractivity contribution >= 4 is 40.8 Å². The van der Waals surface area contributed by atoms with Crippen molar-refractivity contribution in [1.29, 1.82) is 0 Å². The van der Waals surface area contributed by atoms with Crippen LogP contribution in [0.4, 0.5) is 0 Å². The zero-order valence-electron chi connectivity index (χ0n) is 16.5. The highest BCUT2D eigenvalue weighted by Gasteiger charge is 2.53. The van der Waals surface area contributed by atoms with E-state index in [1.54, 1.807) is 0 Å². The maximum Gasteiger partial charge on any atom is 0.303 e. The molecule has 0 aromatic rings. The summed E-state index contributed by atoms with van der Waals surface area (Å²) < 4.78 is 26.5. The van der Waals surface area contributed by atoms with Gasteiger partial charge in [0.15, 0.2) is 17.4 Å². The largest absolute Gasteiger partial charge is 0.464 e. The Morgan fingerprint density at radius 1 is 0.966 bits per heavy atom. The van der Waals surface area contributed by atoms with Crippen LogP contribution in [0.1, 0.15) is 27.7 Å². The number of aliphatic imine (C=N–C) groups is 1. The number of hydrogen-bond donors (Lipinski definition) is 1. The average molecular weight is 432 g/mol. The number of fused-ring (bicyclic) bond motifs is 1. The highest BCUT2D eigenvalue weighted by molar-refractivity contribution is 8.14. The van der Waals surface area contributed by atoms with E-state index >= 15 is 0 Å². The molecule has 0 spiro atoms. The average Bonchev–Trinajstić information content (AvgIpc) is 3.01. The molecule has 1 saturated heterocycles. The molecule has 2 aliphatic heterocycles. The van der Waals surface area contributed by atoms with E-state index in [0.717, 1.165) is 0 Å². The molecule has 12 heteroatoms. The van der Waals surface area contributed by atoms with Crippen molar-refractivity contribution in [2.24, 2.45) is 4.99 Å². The zero-order valence-corrected chi connectivity index (χ0v) is 17.4. The van der Waals surface area contributed by atoms with Gasteiger partial charge in [0, 0.05) is 27.7 Å². The Balaban J connectivity index is 2.15. The second kappa shape index (κ2) is 10.4. The first-order valence-corrected chi connectivity index (χ1v) is 9.80. The van der Waals surface area contributed by atoms with Crippen molar-refractivity contribution < 1.29 is 42.9 Å². The van der Waals surface area contributed by atoms with Gasteiger partial charge in [-0.25, -0.2) is 0 Å². The SMILES string of the molecule is CC(=O)OCCNC1=NC2C(O[C@H](COC(C)=O)[C@@H](OC(C)=O)[C@@H]2OC(C)=O)S1. The molecular formula is C17H24N2O9S. The van der Waals surface area contributed by atoms with Gasteiger partial charge in [-0.05, 0) is 0 Å². The topological polar surface area (TPSA) is 139 Å². The lowest BCUT2D eigenvalue weighted by molar-refractivity contribution is -0.208. The van der Waals surface area contributed by atoms with Crippen molar-refractivity contribution in [3.8, 4) is 0 Å². The second-order valence-corrected chi connectivity index (χ2v) is 7.39. The van der Waals surface area contributed by atoms with E-state index in [1.165, 1.54) is 39.5 Å². The second-order valence-electron chi connectivity index (χ2n) is 6.30. The predicted octanol–water partition coefficient (Wildman–Crippen LogP) is -0.238. The van der Waals surface area contributed by atoms with Crippen LogP contribution in [0.2, 0.25) is 0 Å². The van der Waals surface area contributed by atoms with Gasteiger partial charge in [-0.2, -0.15) is 0 Å². The monoisotopic (exact) mass is 432 g/mol. The Hall–Kier alpha value is -2.34. The molecule has 0 aliphatic carbocycles. The normalized spacial score (nSPS) is 27.9. The zero-order chi connectivity index (χ0) is 21.6. The van der Waals surface area contributed by atoms with Gasteiger partial charge >= 0.3 is 23.9 Å². The molecule has 0 amide bonds. The van der Waals surface area contributed by atoms with Gasteiger partial charge in [0.05, 0.1) is 6.54 Å². The third-order valence-electron chi connectivity index (χ3n) is 3.85. The maximum atomic E-state index is 11.7. The van der Waals surface area contributed by atoms with Crippen LogP contribution in [0.3, 0.4) is 0 Å². The summed E-state index contributed by atoms with van der Waals surface area (Å²) in [5, 5.41) is 3.51. The van der Waals surface area contributed by atoms with E-state index in [1.807, 2.05) is 0 Å². The lowest BCUT2D eigenvalue weighted by Gasteiger charge is -2.41. The van der Waals surface area contributed by atoms with Crippen LogP contribution in [0, 0.1) is 0 Å².